The van der Waals surface area contributed by atoms with Gasteiger partial charge >= 0.3 is 11.9 Å². The number of nitrogens with zero attached hydrogens (tertiary/aromatic N) is 4. The average molecular weight is 410 g/mol. The quantitative estimate of drug-likeness (QED) is 0.228. The molecule has 150 valence electrons. The van der Waals surface area contributed by atoms with Crippen LogP contribution in [-0.4, -0.2) is 69.8 Å². The lowest BCUT2D eigenvalue weighted by Gasteiger charge is -2.47. The van der Waals surface area contributed by atoms with Crippen LogP contribution in [0.4, 0.5) is 5.82 Å². The van der Waals surface area contributed by atoms with E-state index < -0.39 is 23.9 Å². The Hall–Kier alpha value is -2.86. The van der Waals surface area contributed by atoms with Gasteiger partial charge in [0.05, 0.1) is 20.2 Å². The Morgan fingerprint density at radius 2 is 2.25 bits per heavy atom. The number of nitrogens with two attached hydrogens (primary N) is 1. The zero-order valence-electron chi connectivity index (χ0n) is 15.3. The number of carbonyl (C=O) groups excluding carboxylic acids is 3. The first-order valence-corrected chi connectivity index (χ1v) is 9.34. The molecule has 0 aliphatic carbocycles. The molecule has 28 heavy (non-hydrogen) atoms. The highest BCUT2D eigenvalue weighted by molar-refractivity contribution is 8.00. The Morgan fingerprint density at radius 1 is 1.54 bits per heavy atom. The Labute approximate surface area is 164 Å². The number of methoxy groups -OCH3 is 1. The van der Waals surface area contributed by atoms with Crippen LogP contribution >= 0.6 is 11.8 Å². The number of rotatable bonds is 7. The second-order valence-corrected chi connectivity index (χ2v) is 7.40. The number of carbonyl (C=O) groups is 4. The minimum absolute atomic E-state index is 0.0486. The van der Waals surface area contributed by atoms with Crippen molar-refractivity contribution in [2.24, 2.45) is 12.8 Å². The van der Waals surface area contributed by atoms with Crippen LogP contribution in [0.25, 0.3) is 0 Å². The molecule has 2 atom stereocenters. The minimum atomic E-state index is -1.18. The summed E-state index contributed by atoms with van der Waals surface area (Å²) in [6.07, 6.45) is 2.18. The number of carboxylic acid groups (broad SMARTS) is 1. The van der Waals surface area contributed by atoms with Crippen LogP contribution in [0.3, 0.4) is 0 Å². The van der Waals surface area contributed by atoms with Gasteiger partial charge in [-0.15, -0.1) is 21.1 Å². The number of aliphatic carboxylic acids is 1. The summed E-state index contributed by atoms with van der Waals surface area (Å²) < 4.78 is 7.88. The summed E-state index contributed by atoms with van der Waals surface area (Å²) in [5.74, 6) is -1.32. The monoisotopic (exact) mass is 410 g/mol. The third kappa shape index (κ3) is 3.24. The van der Waals surface area contributed by atoms with E-state index >= 15 is 0 Å². The summed E-state index contributed by atoms with van der Waals surface area (Å²) in [4.78, 5) is 49.0. The SMILES string of the molecule is COC(=O)CN(C=O)c1cc[n+](CC2=C(C(=O)O)N3C(=O)[C@@H](N)[C@H]3SC2)n1C. The van der Waals surface area contributed by atoms with Crippen LogP contribution in [0, 0.1) is 0 Å². The zero-order chi connectivity index (χ0) is 20.6. The maximum atomic E-state index is 12.0. The topological polar surface area (TPSA) is 139 Å². The van der Waals surface area contributed by atoms with Gasteiger partial charge in [0.25, 0.3) is 0 Å². The molecule has 3 N–H and O–H groups in total. The summed E-state index contributed by atoms with van der Waals surface area (Å²) in [7, 11) is 2.90. The number of β-lactam (4-membered cyclic amide) rings is 1. The van der Waals surface area contributed by atoms with Gasteiger partial charge in [0, 0.05) is 11.3 Å². The molecule has 0 saturated carbocycles. The van der Waals surface area contributed by atoms with Gasteiger partial charge in [-0.2, -0.15) is 0 Å². The predicted octanol–water partition coefficient (Wildman–Crippen LogP) is -1.97. The number of hydrogen-bond donors (Lipinski definition) is 2. The van der Waals surface area contributed by atoms with Crippen LogP contribution in [0.1, 0.15) is 0 Å². The minimum Gasteiger partial charge on any atom is -0.477 e. The lowest BCUT2D eigenvalue weighted by atomic mass is 10.0. The number of ether oxygens (including phenoxy) is 1. The number of esters is 1. The molecule has 1 aromatic heterocycles. The fraction of sp³-hybridized carbons (Fsp3) is 0.438. The van der Waals surface area contributed by atoms with Crippen LogP contribution in [0.15, 0.2) is 23.5 Å². The van der Waals surface area contributed by atoms with E-state index in [1.807, 2.05) is 0 Å². The molecule has 3 heterocycles. The largest absolute Gasteiger partial charge is 0.477 e. The fourth-order valence-electron chi connectivity index (χ4n) is 3.21. The van der Waals surface area contributed by atoms with Crippen LogP contribution < -0.4 is 15.3 Å². The van der Waals surface area contributed by atoms with E-state index in [0.717, 1.165) is 0 Å². The molecule has 2 aliphatic rings. The molecule has 12 heteroatoms. The van der Waals surface area contributed by atoms with Crippen LogP contribution in [0.2, 0.25) is 0 Å². The first kappa shape index (κ1) is 19.9. The van der Waals surface area contributed by atoms with Crippen molar-refractivity contribution < 1.29 is 33.7 Å². The molecule has 1 aromatic rings. The number of carboxylic acids is 1. The van der Waals surface area contributed by atoms with E-state index in [1.165, 1.54) is 28.7 Å². The summed E-state index contributed by atoms with van der Waals surface area (Å²) in [5.41, 5.74) is 6.26. The molecule has 0 aromatic carbocycles. The molecule has 0 spiro atoms. The van der Waals surface area contributed by atoms with E-state index in [-0.39, 0.29) is 24.2 Å². The van der Waals surface area contributed by atoms with E-state index in [9.17, 15) is 24.3 Å². The van der Waals surface area contributed by atoms with Crippen LogP contribution in [-0.2, 0) is 37.5 Å². The van der Waals surface area contributed by atoms with Gasteiger partial charge in [0.2, 0.25) is 12.3 Å². The van der Waals surface area contributed by atoms with Crippen molar-refractivity contribution >= 4 is 41.8 Å². The maximum Gasteiger partial charge on any atom is 0.352 e. The van der Waals surface area contributed by atoms with Crippen molar-refractivity contribution in [1.29, 1.82) is 0 Å². The van der Waals surface area contributed by atoms with Gasteiger partial charge in [-0.25, -0.2) is 4.79 Å². The summed E-state index contributed by atoms with van der Waals surface area (Å²) in [5, 5.41) is 9.26. The van der Waals surface area contributed by atoms with Gasteiger partial charge < -0.3 is 15.6 Å². The van der Waals surface area contributed by atoms with Crippen molar-refractivity contribution in [3.05, 3.63) is 23.5 Å². The second kappa shape index (κ2) is 7.64. The van der Waals surface area contributed by atoms with Crippen molar-refractivity contribution in [1.82, 2.24) is 9.58 Å². The highest BCUT2D eigenvalue weighted by Gasteiger charge is 2.52. The molecule has 11 nitrogen and oxygen atoms in total. The third-order valence-corrected chi connectivity index (χ3v) is 6.07. The smallest absolute Gasteiger partial charge is 0.352 e. The highest BCUT2D eigenvalue weighted by atomic mass is 32.2. The molecule has 2 amide bonds. The van der Waals surface area contributed by atoms with E-state index in [0.29, 0.717) is 23.6 Å². The lowest BCUT2D eigenvalue weighted by molar-refractivity contribution is -0.765. The number of fused-ring (bicyclic) bond motifs is 1. The van der Waals surface area contributed by atoms with Gasteiger partial charge in [0.15, 0.2) is 18.6 Å². The Kier molecular flexibility index (Phi) is 5.42. The second-order valence-electron chi connectivity index (χ2n) is 6.30. The van der Waals surface area contributed by atoms with Crippen molar-refractivity contribution in [2.75, 3.05) is 24.3 Å². The predicted molar refractivity (Wildman–Crippen MR) is 96.8 cm³/mol. The van der Waals surface area contributed by atoms with Crippen molar-refractivity contribution in [3.8, 4) is 0 Å². The number of amides is 2. The fourth-order valence-corrected chi connectivity index (χ4v) is 4.49. The first-order chi connectivity index (χ1) is 13.3. The number of hydrogen-bond acceptors (Lipinski definition) is 7. The van der Waals surface area contributed by atoms with E-state index in [2.05, 4.69) is 4.74 Å². The van der Waals surface area contributed by atoms with Gasteiger partial charge in [-0.1, -0.05) is 0 Å². The summed E-state index contributed by atoms with van der Waals surface area (Å²) in [6, 6.07) is 0.941. The number of aromatic nitrogens is 2. The van der Waals surface area contributed by atoms with Crippen LogP contribution in [0.5, 0.6) is 0 Å². The Morgan fingerprint density at radius 3 is 2.86 bits per heavy atom. The number of thioether (sulfide) groups is 1. The summed E-state index contributed by atoms with van der Waals surface area (Å²) >= 11 is 1.42. The van der Waals surface area contributed by atoms with E-state index in [4.69, 9.17) is 5.73 Å². The molecular formula is C16H20N5O6S+. The van der Waals surface area contributed by atoms with Gasteiger partial charge in [0.1, 0.15) is 23.7 Å². The lowest BCUT2D eigenvalue weighted by Crippen LogP contribution is -2.68. The zero-order valence-corrected chi connectivity index (χ0v) is 16.1. The Balaban J connectivity index is 1.88. The third-order valence-electron chi connectivity index (χ3n) is 4.71. The average Bonchev–Trinajstić information content (AvgIpc) is 3.04. The molecule has 2 aliphatic heterocycles. The number of anilines is 1. The normalized spacial score (nSPS) is 21.1. The molecule has 1 saturated heterocycles. The first-order valence-electron chi connectivity index (χ1n) is 8.30. The summed E-state index contributed by atoms with van der Waals surface area (Å²) in [6.45, 7) is -0.0551. The van der Waals surface area contributed by atoms with Crippen molar-refractivity contribution in [2.45, 2.75) is 18.0 Å². The standard InChI is InChI=1S/C16H19N5O6S/c1-18-10(19(8-22)6-11(23)27-2)3-4-20(18)5-9-7-28-15-12(17)14(24)21(15)13(9)16(25)26/h3-4,8,12,15H,5-7,17H2,1-2H3/p+1/t12-,15-/m1/s1. The van der Waals surface area contributed by atoms with E-state index in [1.54, 1.807) is 28.7 Å². The molecular weight excluding hydrogens is 390 g/mol. The molecule has 0 bridgehead atoms. The molecule has 0 radical (unpaired) electrons. The molecule has 3 rings (SSSR count). The molecule has 1 fully saturated rings. The Bertz CT molecular complexity index is 881. The van der Waals surface area contributed by atoms with Gasteiger partial charge in [-0.05, 0) is 0 Å². The highest BCUT2D eigenvalue weighted by Crippen LogP contribution is 2.39. The van der Waals surface area contributed by atoms with Gasteiger partial charge in [-0.3, -0.25) is 24.2 Å². The maximum absolute atomic E-state index is 12.0. The molecule has 0 unspecified atom stereocenters. The van der Waals surface area contributed by atoms with Crippen molar-refractivity contribution in [3.63, 3.8) is 0 Å².